The summed E-state index contributed by atoms with van der Waals surface area (Å²) in [6.07, 6.45) is 5.14. The van der Waals surface area contributed by atoms with Crippen LogP contribution in [0.15, 0.2) is 30.7 Å². The third-order valence-corrected chi connectivity index (χ3v) is 2.69. The lowest BCUT2D eigenvalue weighted by atomic mass is 10.2. The highest BCUT2D eigenvalue weighted by molar-refractivity contribution is 7.80. The van der Waals surface area contributed by atoms with Crippen LogP contribution in [0.5, 0.6) is 0 Å². The first-order valence-corrected chi connectivity index (χ1v) is 5.54. The number of aromatic nitrogens is 3. The van der Waals surface area contributed by atoms with Crippen molar-refractivity contribution in [2.24, 2.45) is 12.8 Å². The van der Waals surface area contributed by atoms with E-state index in [0.717, 1.165) is 16.9 Å². The van der Waals surface area contributed by atoms with E-state index in [-0.39, 0.29) is 0 Å². The lowest BCUT2D eigenvalue weighted by molar-refractivity contribution is 0.720. The van der Waals surface area contributed by atoms with Crippen LogP contribution in [-0.2, 0) is 13.6 Å². The van der Waals surface area contributed by atoms with Gasteiger partial charge < -0.3 is 11.1 Å². The largest absolute Gasteiger partial charge is 0.389 e. The molecule has 3 N–H and O–H groups in total. The van der Waals surface area contributed by atoms with Gasteiger partial charge >= 0.3 is 0 Å². The highest BCUT2D eigenvalue weighted by Crippen LogP contribution is 2.14. The highest BCUT2D eigenvalue weighted by atomic mass is 32.1. The molecule has 0 amide bonds. The number of anilines is 1. The first-order chi connectivity index (χ1) is 8.18. The Bertz CT molecular complexity index is 534. The lowest BCUT2D eigenvalue weighted by Crippen LogP contribution is -2.14. The van der Waals surface area contributed by atoms with Gasteiger partial charge in [-0.2, -0.15) is 5.10 Å². The fourth-order valence-corrected chi connectivity index (χ4v) is 1.69. The predicted octanol–water partition coefficient (Wildman–Crippen LogP) is 1.06. The second-order valence-electron chi connectivity index (χ2n) is 3.59. The third-order valence-electron chi connectivity index (χ3n) is 2.47. The molecule has 0 unspecified atom stereocenters. The summed E-state index contributed by atoms with van der Waals surface area (Å²) in [7, 11) is 1.90. The molecule has 0 bridgehead atoms. The fraction of sp³-hybridized carbons (Fsp3) is 0.182. The van der Waals surface area contributed by atoms with Gasteiger partial charge in [0.05, 0.1) is 24.1 Å². The summed E-state index contributed by atoms with van der Waals surface area (Å²) in [5.74, 6) is 0. The Kier molecular flexibility index (Phi) is 3.34. The second kappa shape index (κ2) is 4.92. The molecule has 0 aliphatic rings. The van der Waals surface area contributed by atoms with Crippen molar-refractivity contribution in [2.75, 3.05) is 5.32 Å². The minimum atomic E-state index is 0.361. The molecule has 5 nitrogen and oxygen atoms in total. The summed E-state index contributed by atoms with van der Waals surface area (Å²) in [4.78, 5) is 4.41. The van der Waals surface area contributed by atoms with Gasteiger partial charge in [0, 0.05) is 25.0 Å². The molecule has 6 heteroatoms. The Morgan fingerprint density at radius 1 is 1.47 bits per heavy atom. The summed E-state index contributed by atoms with van der Waals surface area (Å²) in [6, 6.07) is 3.75. The Labute approximate surface area is 105 Å². The van der Waals surface area contributed by atoms with Gasteiger partial charge in [0.15, 0.2) is 0 Å². The molecule has 0 saturated carbocycles. The predicted molar refractivity (Wildman–Crippen MR) is 70.7 cm³/mol. The fourth-order valence-electron chi connectivity index (χ4n) is 1.51. The third kappa shape index (κ3) is 2.59. The number of pyridine rings is 1. The average molecular weight is 247 g/mol. The molecule has 0 atom stereocenters. The molecule has 2 heterocycles. The van der Waals surface area contributed by atoms with Gasteiger partial charge in [-0.1, -0.05) is 12.2 Å². The van der Waals surface area contributed by atoms with Gasteiger partial charge in [-0.3, -0.25) is 9.67 Å². The zero-order valence-electron chi connectivity index (χ0n) is 9.42. The number of nitrogens with two attached hydrogens (primary N) is 1. The van der Waals surface area contributed by atoms with Crippen molar-refractivity contribution in [3.8, 4) is 0 Å². The van der Waals surface area contributed by atoms with E-state index in [1.165, 1.54) is 0 Å². The van der Waals surface area contributed by atoms with Gasteiger partial charge in [-0.05, 0) is 12.1 Å². The monoisotopic (exact) mass is 247 g/mol. The van der Waals surface area contributed by atoms with Crippen molar-refractivity contribution < 1.29 is 0 Å². The smallest absolute Gasteiger partial charge is 0.106 e. The Balaban J connectivity index is 2.14. The summed E-state index contributed by atoms with van der Waals surface area (Å²) < 4.78 is 1.81. The Hall–Kier alpha value is -1.95. The normalized spacial score (nSPS) is 10.2. The van der Waals surface area contributed by atoms with Gasteiger partial charge in [0.2, 0.25) is 0 Å². The van der Waals surface area contributed by atoms with E-state index in [4.69, 9.17) is 18.0 Å². The summed E-state index contributed by atoms with van der Waals surface area (Å²) >= 11 is 4.98. The quantitative estimate of drug-likeness (QED) is 0.791. The van der Waals surface area contributed by atoms with Crippen LogP contribution in [0, 0.1) is 0 Å². The van der Waals surface area contributed by atoms with Crippen molar-refractivity contribution in [1.29, 1.82) is 0 Å². The summed E-state index contributed by atoms with van der Waals surface area (Å²) in [5.41, 5.74) is 8.35. The van der Waals surface area contributed by atoms with Crippen LogP contribution in [0.1, 0.15) is 11.3 Å². The summed E-state index contributed by atoms with van der Waals surface area (Å²) in [6.45, 7) is 0.651. The molecule has 0 aromatic carbocycles. The maximum Gasteiger partial charge on any atom is 0.106 e. The van der Waals surface area contributed by atoms with Crippen molar-refractivity contribution in [2.45, 2.75) is 6.54 Å². The SMILES string of the molecule is Cn1nccc1CNc1cnccc1C(N)=S. The van der Waals surface area contributed by atoms with Crippen molar-refractivity contribution >= 4 is 22.9 Å². The molecular weight excluding hydrogens is 234 g/mol. The lowest BCUT2D eigenvalue weighted by Gasteiger charge is -2.10. The maximum atomic E-state index is 5.64. The van der Waals surface area contributed by atoms with Gasteiger partial charge in [0.1, 0.15) is 4.99 Å². The van der Waals surface area contributed by atoms with E-state index >= 15 is 0 Å². The van der Waals surface area contributed by atoms with Crippen LogP contribution in [0.4, 0.5) is 5.69 Å². The van der Waals surface area contributed by atoms with Crippen molar-refractivity contribution in [3.63, 3.8) is 0 Å². The topological polar surface area (TPSA) is 68.8 Å². The summed E-state index contributed by atoms with van der Waals surface area (Å²) in [5, 5.41) is 7.34. The number of hydrogen-bond donors (Lipinski definition) is 2. The molecule has 0 fully saturated rings. The van der Waals surface area contributed by atoms with Crippen molar-refractivity contribution in [3.05, 3.63) is 42.0 Å². The molecule has 88 valence electrons. The molecule has 2 aromatic heterocycles. The first-order valence-electron chi connectivity index (χ1n) is 5.13. The Morgan fingerprint density at radius 3 is 2.94 bits per heavy atom. The maximum absolute atomic E-state index is 5.64. The number of aryl methyl sites for hydroxylation is 1. The zero-order chi connectivity index (χ0) is 12.3. The number of thiocarbonyl (C=S) groups is 1. The van der Waals surface area contributed by atoms with Gasteiger partial charge in [0.25, 0.3) is 0 Å². The van der Waals surface area contributed by atoms with E-state index in [2.05, 4.69) is 15.4 Å². The van der Waals surface area contributed by atoms with E-state index in [1.807, 2.05) is 17.8 Å². The van der Waals surface area contributed by atoms with Crippen LogP contribution in [0.25, 0.3) is 0 Å². The van der Waals surface area contributed by atoms with Crippen LogP contribution >= 0.6 is 12.2 Å². The first kappa shape index (κ1) is 11.5. The van der Waals surface area contributed by atoms with Crippen LogP contribution in [0.3, 0.4) is 0 Å². The van der Waals surface area contributed by atoms with Gasteiger partial charge in [-0.15, -0.1) is 0 Å². The molecule has 0 spiro atoms. The van der Waals surface area contributed by atoms with Crippen LogP contribution in [-0.4, -0.2) is 19.8 Å². The van der Waals surface area contributed by atoms with Crippen LogP contribution in [0.2, 0.25) is 0 Å². The number of nitrogens with zero attached hydrogens (tertiary/aromatic N) is 3. The minimum Gasteiger partial charge on any atom is -0.389 e. The second-order valence-corrected chi connectivity index (χ2v) is 4.03. The molecule has 0 radical (unpaired) electrons. The minimum absolute atomic E-state index is 0.361. The molecule has 0 aliphatic heterocycles. The molecule has 2 rings (SSSR count). The van der Waals surface area contributed by atoms with E-state index in [1.54, 1.807) is 24.7 Å². The van der Waals surface area contributed by atoms with Gasteiger partial charge in [-0.25, -0.2) is 0 Å². The number of hydrogen-bond acceptors (Lipinski definition) is 4. The molecule has 0 aliphatic carbocycles. The Morgan fingerprint density at radius 2 is 2.29 bits per heavy atom. The molecule has 17 heavy (non-hydrogen) atoms. The molecule has 0 saturated heterocycles. The zero-order valence-corrected chi connectivity index (χ0v) is 10.2. The average Bonchev–Trinajstić information content (AvgIpc) is 2.72. The molecular formula is C11H13N5S. The van der Waals surface area contributed by atoms with Crippen molar-refractivity contribution in [1.82, 2.24) is 14.8 Å². The number of nitrogens with one attached hydrogen (secondary N) is 1. The number of rotatable bonds is 4. The molecule has 2 aromatic rings. The van der Waals surface area contributed by atoms with E-state index in [0.29, 0.717) is 11.5 Å². The van der Waals surface area contributed by atoms with E-state index in [9.17, 15) is 0 Å². The van der Waals surface area contributed by atoms with E-state index < -0.39 is 0 Å². The highest BCUT2D eigenvalue weighted by Gasteiger charge is 2.05. The van der Waals surface area contributed by atoms with Crippen LogP contribution < -0.4 is 11.1 Å². The standard InChI is InChI=1S/C11H13N5S/c1-16-8(2-5-15-16)6-14-10-7-13-4-3-9(10)11(12)17/h2-5,7,14H,6H2,1H3,(H2,12,17).